The number of pyridine rings is 1. The van der Waals surface area contributed by atoms with Gasteiger partial charge in [0.2, 0.25) is 0 Å². The van der Waals surface area contributed by atoms with Crippen molar-refractivity contribution in [1.82, 2.24) is 4.98 Å². The second-order valence-corrected chi connectivity index (χ2v) is 4.24. The van der Waals surface area contributed by atoms with Gasteiger partial charge in [0, 0.05) is 19.3 Å². The summed E-state index contributed by atoms with van der Waals surface area (Å²) in [7, 11) is 0. The van der Waals surface area contributed by atoms with Crippen LogP contribution >= 0.6 is 0 Å². The van der Waals surface area contributed by atoms with Crippen LogP contribution in [0.25, 0.3) is 0 Å². The molecule has 3 N–H and O–H groups in total. The van der Waals surface area contributed by atoms with E-state index in [2.05, 4.69) is 10.3 Å². The van der Waals surface area contributed by atoms with Crippen molar-refractivity contribution in [3.05, 3.63) is 17.8 Å². The molecule has 1 atom stereocenters. The maximum atomic E-state index is 8.70. The van der Waals surface area contributed by atoms with Crippen LogP contribution in [-0.4, -0.2) is 24.7 Å². The highest BCUT2D eigenvalue weighted by molar-refractivity contribution is 5.62. The zero-order chi connectivity index (χ0) is 12.1. The smallest absolute Gasteiger partial charge is 0.149 e. The molecule has 0 spiro atoms. The molecule has 0 amide bonds. The normalized spacial score (nSPS) is 19.6. The zero-order valence-corrected chi connectivity index (χ0v) is 9.65. The van der Waals surface area contributed by atoms with Crippen molar-refractivity contribution in [2.24, 2.45) is 5.92 Å². The van der Waals surface area contributed by atoms with Gasteiger partial charge in [-0.1, -0.05) is 0 Å². The van der Waals surface area contributed by atoms with Gasteiger partial charge >= 0.3 is 0 Å². The highest BCUT2D eigenvalue weighted by Gasteiger charge is 2.14. The summed E-state index contributed by atoms with van der Waals surface area (Å²) < 4.78 is 5.40. The number of anilines is 2. The SMILES string of the molecule is N#Cc1cnc(NCC2CCCOC2)c(N)c1. The number of nitriles is 1. The molecule has 90 valence electrons. The molecule has 2 rings (SSSR count). The molecule has 1 aliphatic heterocycles. The van der Waals surface area contributed by atoms with Crippen molar-refractivity contribution in [3.8, 4) is 6.07 Å². The van der Waals surface area contributed by atoms with Crippen LogP contribution in [-0.2, 0) is 4.74 Å². The van der Waals surface area contributed by atoms with Crippen LogP contribution in [0.1, 0.15) is 18.4 Å². The van der Waals surface area contributed by atoms with E-state index in [0.717, 1.165) is 26.2 Å². The zero-order valence-electron chi connectivity index (χ0n) is 9.65. The number of nitrogens with two attached hydrogens (primary N) is 1. The van der Waals surface area contributed by atoms with Crippen molar-refractivity contribution >= 4 is 11.5 Å². The van der Waals surface area contributed by atoms with E-state index in [1.807, 2.05) is 6.07 Å². The van der Waals surface area contributed by atoms with Gasteiger partial charge in [-0.2, -0.15) is 5.26 Å². The molecule has 0 aromatic carbocycles. The maximum absolute atomic E-state index is 8.70. The molecule has 2 heterocycles. The van der Waals surface area contributed by atoms with Crippen molar-refractivity contribution in [2.75, 3.05) is 30.8 Å². The minimum Gasteiger partial charge on any atom is -0.396 e. The van der Waals surface area contributed by atoms with Crippen LogP contribution in [0.3, 0.4) is 0 Å². The van der Waals surface area contributed by atoms with Crippen LogP contribution < -0.4 is 11.1 Å². The fourth-order valence-corrected chi connectivity index (χ4v) is 1.90. The minimum atomic E-state index is 0.481. The molecular formula is C12H16N4O. The standard InChI is InChI=1S/C12H16N4O/c13-5-10-4-11(14)12(16-7-10)15-6-9-2-1-3-17-8-9/h4,7,9H,1-3,6,8,14H2,(H,15,16). The Morgan fingerprint density at radius 3 is 3.18 bits per heavy atom. The Hall–Kier alpha value is -1.80. The van der Waals surface area contributed by atoms with Gasteiger partial charge in [-0.15, -0.1) is 0 Å². The first kappa shape index (κ1) is 11.7. The lowest BCUT2D eigenvalue weighted by Crippen LogP contribution is -2.24. The summed E-state index contributed by atoms with van der Waals surface area (Å²) in [6, 6.07) is 3.64. The van der Waals surface area contributed by atoms with Crippen molar-refractivity contribution in [2.45, 2.75) is 12.8 Å². The van der Waals surface area contributed by atoms with Gasteiger partial charge in [-0.3, -0.25) is 0 Å². The average molecular weight is 232 g/mol. The summed E-state index contributed by atoms with van der Waals surface area (Å²) in [5.41, 5.74) is 6.80. The fraction of sp³-hybridized carbons (Fsp3) is 0.500. The Morgan fingerprint density at radius 1 is 1.65 bits per heavy atom. The Labute approximate surface area is 101 Å². The Bertz CT molecular complexity index is 421. The highest BCUT2D eigenvalue weighted by atomic mass is 16.5. The van der Waals surface area contributed by atoms with E-state index in [4.69, 9.17) is 15.7 Å². The van der Waals surface area contributed by atoms with E-state index in [1.54, 1.807) is 6.07 Å². The van der Waals surface area contributed by atoms with Gasteiger partial charge < -0.3 is 15.8 Å². The Morgan fingerprint density at radius 2 is 2.53 bits per heavy atom. The second-order valence-electron chi connectivity index (χ2n) is 4.24. The molecule has 1 aliphatic rings. The lowest BCUT2D eigenvalue weighted by Gasteiger charge is -2.22. The van der Waals surface area contributed by atoms with E-state index < -0.39 is 0 Å². The lowest BCUT2D eigenvalue weighted by molar-refractivity contribution is 0.0595. The molecule has 1 saturated heterocycles. The van der Waals surface area contributed by atoms with E-state index in [0.29, 0.717) is 23.0 Å². The quantitative estimate of drug-likeness (QED) is 0.822. The van der Waals surface area contributed by atoms with E-state index in [-0.39, 0.29) is 0 Å². The predicted molar refractivity (Wildman–Crippen MR) is 65.4 cm³/mol. The summed E-state index contributed by atoms with van der Waals surface area (Å²) in [4.78, 5) is 4.13. The number of hydrogen-bond donors (Lipinski definition) is 2. The first-order chi connectivity index (χ1) is 8.29. The Kier molecular flexibility index (Phi) is 3.78. The molecular weight excluding hydrogens is 216 g/mol. The van der Waals surface area contributed by atoms with Crippen molar-refractivity contribution < 1.29 is 4.74 Å². The lowest BCUT2D eigenvalue weighted by atomic mass is 10.0. The molecule has 1 aromatic rings. The molecule has 1 fully saturated rings. The summed E-state index contributed by atoms with van der Waals surface area (Å²) >= 11 is 0. The summed E-state index contributed by atoms with van der Waals surface area (Å²) in [6.45, 7) is 2.47. The topological polar surface area (TPSA) is 84.0 Å². The molecule has 0 bridgehead atoms. The molecule has 0 saturated carbocycles. The number of hydrogen-bond acceptors (Lipinski definition) is 5. The second kappa shape index (κ2) is 5.51. The van der Waals surface area contributed by atoms with Gasteiger partial charge in [0.1, 0.15) is 11.9 Å². The van der Waals surface area contributed by atoms with Gasteiger partial charge in [0.25, 0.3) is 0 Å². The molecule has 17 heavy (non-hydrogen) atoms. The molecule has 5 heteroatoms. The summed E-state index contributed by atoms with van der Waals surface area (Å²) in [5.74, 6) is 1.16. The largest absolute Gasteiger partial charge is 0.396 e. The third-order valence-electron chi connectivity index (χ3n) is 2.86. The third-order valence-corrected chi connectivity index (χ3v) is 2.86. The Balaban J connectivity index is 1.92. The minimum absolute atomic E-state index is 0.481. The summed E-state index contributed by atoms with van der Waals surface area (Å²) in [5, 5.41) is 11.9. The first-order valence-electron chi connectivity index (χ1n) is 5.77. The average Bonchev–Trinajstić information content (AvgIpc) is 2.38. The van der Waals surface area contributed by atoms with Crippen molar-refractivity contribution in [1.29, 1.82) is 5.26 Å². The maximum Gasteiger partial charge on any atom is 0.149 e. The van der Waals surface area contributed by atoms with Crippen LogP contribution in [0.2, 0.25) is 0 Å². The van der Waals surface area contributed by atoms with Gasteiger partial charge in [-0.25, -0.2) is 4.98 Å². The highest BCUT2D eigenvalue weighted by Crippen LogP contribution is 2.18. The van der Waals surface area contributed by atoms with Crippen LogP contribution in [0.5, 0.6) is 0 Å². The molecule has 0 aliphatic carbocycles. The first-order valence-corrected chi connectivity index (χ1v) is 5.77. The van der Waals surface area contributed by atoms with Gasteiger partial charge in [0.15, 0.2) is 0 Å². The molecule has 1 aromatic heterocycles. The van der Waals surface area contributed by atoms with Crippen molar-refractivity contribution in [3.63, 3.8) is 0 Å². The number of nitrogens with one attached hydrogen (secondary N) is 1. The number of rotatable bonds is 3. The van der Waals surface area contributed by atoms with Crippen LogP contribution in [0.15, 0.2) is 12.3 Å². The fourth-order valence-electron chi connectivity index (χ4n) is 1.90. The van der Waals surface area contributed by atoms with Crippen LogP contribution in [0, 0.1) is 17.2 Å². The number of ether oxygens (including phenoxy) is 1. The third kappa shape index (κ3) is 3.08. The van der Waals surface area contributed by atoms with Gasteiger partial charge in [0.05, 0.1) is 17.9 Å². The molecule has 5 nitrogen and oxygen atoms in total. The molecule has 1 unspecified atom stereocenters. The van der Waals surface area contributed by atoms with Crippen LogP contribution in [0.4, 0.5) is 11.5 Å². The summed E-state index contributed by atoms with van der Waals surface area (Å²) in [6.07, 6.45) is 3.81. The number of aromatic nitrogens is 1. The monoisotopic (exact) mass is 232 g/mol. The van der Waals surface area contributed by atoms with E-state index in [9.17, 15) is 0 Å². The predicted octanol–water partition coefficient (Wildman–Crippen LogP) is 1.37. The van der Waals surface area contributed by atoms with E-state index in [1.165, 1.54) is 12.6 Å². The molecule has 0 radical (unpaired) electrons. The number of nitrogen functional groups attached to an aromatic ring is 1. The van der Waals surface area contributed by atoms with E-state index >= 15 is 0 Å². The van der Waals surface area contributed by atoms with Gasteiger partial charge in [-0.05, 0) is 24.8 Å². The number of nitrogens with zero attached hydrogens (tertiary/aromatic N) is 2.